The number of pyridine rings is 1. The Hall–Kier alpha value is -3.28. The van der Waals surface area contributed by atoms with Gasteiger partial charge < -0.3 is 19.9 Å². The average molecular weight is 654 g/mol. The summed E-state index contributed by atoms with van der Waals surface area (Å²) in [5.41, 5.74) is 1.41. The molecule has 1 aromatic heterocycles. The Balaban J connectivity index is 0.00000675. The molecule has 240 valence electrons. The van der Waals surface area contributed by atoms with E-state index >= 15 is 4.39 Å². The van der Waals surface area contributed by atoms with Gasteiger partial charge in [0.05, 0.1) is 17.5 Å². The highest BCUT2D eigenvalue weighted by molar-refractivity contribution is 7.59. The number of halogens is 4. The second-order valence-corrected chi connectivity index (χ2v) is 11.9. The summed E-state index contributed by atoms with van der Waals surface area (Å²) in [4.78, 5) is 40.5. The number of benzene rings is 2. The minimum absolute atomic E-state index is 0. The topological polar surface area (TPSA) is 91.6 Å². The van der Waals surface area contributed by atoms with Crippen LogP contribution >= 0.6 is 25.1 Å². The normalized spacial score (nSPS) is 12.6. The van der Waals surface area contributed by atoms with E-state index in [1.54, 1.807) is 13.8 Å². The average Bonchev–Trinajstić information content (AvgIpc) is 2.88. The van der Waals surface area contributed by atoms with Crippen molar-refractivity contribution in [3.63, 3.8) is 0 Å². The van der Waals surface area contributed by atoms with Crippen LogP contribution in [-0.4, -0.2) is 47.1 Å². The molecule has 0 saturated carbocycles. The predicted octanol–water partition coefficient (Wildman–Crippen LogP) is 6.34. The van der Waals surface area contributed by atoms with E-state index in [1.807, 2.05) is 32.8 Å². The Morgan fingerprint density at radius 2 is 1.66 bits per heavy atom. The van der Waals surface area contributed by atoms with Crippen molar-refractivity contribution in [3.8, 4) is 11.1 Å². The fourth-order valence-corrected chi connectivity index (χ4v) is 5.42. The third-order valence-corrected chi connectivity index (χ3v) is 7.42. The van der Waals surface area contributed by atoms with Gasteiger partial charge in [-0.2, -0.15) is 13.5 Å². The molecule has 0 aliphatic heterocycles. The van der Waals surface area contributed by atoms with Crippen molar-refractivity contribution in [2.75, 3.05) is 20.6 Å². The van der Waals surface area contributed by atoms with Gasteiger partial charge in [0.2, 0.25) is 5.91 Å². The quantitative estimate of drug-likeness (QED) is 0.238. The number of amides is 1. The standard InChI is InChI=1S/C32H37ClF3N3O4.H2S/c1-17(2)9-27(39-16-20(7-8-38(5)6)12-25(35)32(39)43)31(42)37-26(15-28(40)41)23-13-21(14-24(33)30(23)36)29-18(3)10-22(34)11-19(29)4;/h10-14,16-17,26-27H,7-9,15H2,1-6H3,(H,37,42)(H,40,41);1H2/t26-,27?;/m0./s1. The molecule has 0 radical (unpaired) electrons. The fourth-order valence-electron chi connectivity index (χ4n) is 5.19. The summed E-state index contributed by atoms with van der Waals surface area (Å²) in [6, 6.07) is 3.91. The lowest BCUT2D eigenvalue weighted by Gasteiger charge is -2.26. The number of rotatable bonds is 12. The van der Waals surface area contributed by atoms with Crippen molar-refractivity contribution in [3.05, 3.63) is 91.6 Å². The zero-order valence-corrected chi connectivity index (χ0v) is 27.4. The minimum Gasteiger partial charge on any atom is -0.481 e. The van der Waals surface area contributed by atoms with E-state index < -0.39 is 53.4 Å². The van der Waals surface area contributed by atoms with Crippen LogP contribution in [0.2, 0.25) is 5.02 Å². The number of carbonyl (C=O) groups is 2. The van der Waals surface area contributed by atoms with Crippen LogP contribution in [0.3, 0.4) is 0 Å². The third kappa shape index (κ3) is 9.12. The van der Waals surface area contributed by atoms with Gasteiger partial charge in [-0.05, 0) is 105 Å². The van der Waals surface area contributed by atoms with Gasteiger partial charge in [0.1, 0.15) is 17.7 Å². The number of aromatic nitrogens is 1. The summed E-state index contributed by atoms with van der Waals surface area (Å²) in [7, 11) is 3.70. The summed E-state index contributed by atoms with van der Waals surface area (Å²) < 4.78 is 45.3. The van der Waals surface area contributed by atoms with E-state index in [4.69, 9.17) is 11.6 Å². The molecule has 2 N–H and O–H groups in total. The second kappa shape index (κ2) is 15.6. The number of carboxylic acid groups (broad SMARTS) is 1. The Morgan fingerprint density at radius 3 is 2.20 bits per heavy atom. The van der Waals surface area contributed by atoms with Crippen LogP contribution in [0.4, 0.5) is 13.2 Å². The summed E-state index contributed by atoms with van der Waals surface area (Å²) >= 11 is 6.26. The number of nitrogens with zero attached hydrogens (tertiary/aromatic N) is 2. The van der Waals surface area contributed by atoms with Gasteiger partial charge in [-0.15, -0.1) is 0 Å². The van der Waals surface area contributed by atoms with Gasteiger partial charge in [0.25, 0.3) is 5.56 Å². The molecular formula is C32H39ClF3N3O4S. The van der Waals surface area contributed by atoms with Gasteiger partial charge in [-0.3, -0.25) is 14.4 Å². The molecule has 0 fully saturated rings. The van der Waals surface area contributed by atoms with Crippen LogP contribution in [-0.2, 0) is 16.0 Å². The highest BCUT2D eigenvalue weighted by Gasteiger charge is 2.30. The lowest BCUT2D eigenvalue weighted by Crippen LogP contribution is -2.41. The summed E-state index contributed by atoms with van der Waals surface area (Å²) in [5.74, 6) is -4.61. The van der Waals surface area contributed by atoms with Gasteiger partial charge in [-0.1, -0.05) is 25.4 Å². The van der Waals surface area contributed by atoms with E-state index in [9.17, 15) is 28.3 Å². The van der Waals surface area contributed by atoms with Gasteiger partial charge in [0, 0.05) is 18.3 Å². The predicted molar refractivity (Wildman–Crippen MR) is 171 cm³/mol. The maximum Gasteiger partial charge on any atom is 0.305 e. The number of hydrogen-bond acceptors (Lipinski definition) is 4. The van der Waals surface area contributed by atoms with Crippen molar-refractivity contribution in [1.29, 1.82) is 0 Å². The number of carbonyl (C=O) groups excluding carboxylic acids is 1. The molecule has 0 aliphatic rings. The zero-order chi connectivity index (χ0) is 32.2. The van der Waals surface area contributed by atoms with E-state index in [1.165, 1.54) is 30.5 Å². The molecule has 3 rings (SSSR count). The molecule has 0 aliphatic carbocycles. The monoisotopic (exact) mass is 653 g/mol. The number of nitrogens with one attached hydrogen (secondary N) is 1. The molecule has 0 saturated heterocycles. The van der Waals surface area contributed by atoms with Crippen molar-refractivity contribution >= 4 is 37.0 Å². The molecule has 3 aromatic rings. The molecule has 1 amide bonds. The molecule has 2 atom stereocenters. The van der Waals surface area contributed by atoms with E-state index in [0.29, 0.717) is 40.8 Å². The lowest BCUT2D eigenvalue weighted by atomic mass is 9.92. The molecule has 0 bridgehead atoms. The molecule has 2 aromatic carbocycles. The fraction of sp³-hybridized carbons (Fsp3) is 0.406. The van der Waals surface area contributed by atoms with E-state index in [0.717, 1.165) is 10.6 Å². The zero-order valence-electron chi connectivity index (χ0n) is 25.6. The maximum atomic E-state index is 15.5. The summed E-state index contributed by atoms with van der Waals surface area (Å²) in [6.45, 7) is 7.58. The molecule has 1 unspecified atom stereocenters. The first-order valence-corrected chi connectivity index (χ1v) is 14.3. The SMILES string of the molecule is Cc1cc(F)cc(C)c1-c1cc(Cl)c(F)c([C@H](CC(=O)O)NC(=O)C(CC(C)C)n2cc(CCN(C)C)cc(F)c2=O)c1.S. The first kappa shape index (κ1) is 36.9. The van der Waals surface area contributed by atoms with Crippen LogP contribution in [0.25, 0.3) is 11.1 Å². The van der Waals surface area contributed by atoms with Crippen molar-refractivity contribution in [1.82, 2.24) is 14.8 Å². The highest BCUT2D eigenvalue weighted by atomic mass is 35.5. The van der Waals surface area contributed by atoms with Gasteiger partial charge in [-0.25, -0.2) is 13.2 Å². The van der Waals surface area contributed by atoms with Crippen LogP contribution in [0.5, 0.6) is 0 Å². The van der Waals surface area contributed by atoms with Gasteiger partial charge >= 0.3 is 5.97 Å². The first-order chi connectivity index (χ1) is 20.1. The Bertz CT molecular complexity index is 1560. The van der Waals surface area contributed by atoms with Crippen molar-refractivity contribution in [2.24, 2.45) is 5.92 Å². The first-order valence-electron chi connectivity index (χ1n) is 13.9. The van der Waals surface area contributed by atoms with E-state index in [-0.39, 0.29) is 36.4 Å². The summed E-state index contributed by atoms with van der Waals surface area (Å²) in [6.07, 6.45) is 1.27. The number of aliphatic carboxylic acids is 1. The molecule has 1 heterocycles. The van der Waals surface area contributed by atoms with Crippen LogP contribution in [0.15, 0.2) is 41.3 Å². The maximum absolute atomic E-state index is 15.5. The van der Waals surface area contributed by atoms with Crippen molar-refractivity contribution < 1.29 is 27.9 Å². The second-order valence-electron chi connectivity index (χ2n) is 11.5. The number of likely N-dealkylation sites (N-methyl/N-ethyl adjacent to an activating group) is 1. The molecular weight excluding hydrogens is 615 g/mol. The number of hydrogen-bond donors (Lipinski definition) is 2. The smallest absolute Gasteiger partial charge is 0.305 e. The van der Waals surface area contributed by atoms with Crippen molar-refractivity contribution in [2.45, 2.75) is 59.0 Å². The number of carboxylic acids is 1. The summed E-state index contributed by atoms with van der Waals surface area (Å²) in [5, 5.41) is 12.0. The van der Waals surface area contributed by atoms with Gasteiger partial charge in [0.15, 0.2) is 5.82 Å². The highest BCUT2D eigenvalue weighted by Crippen LogP contribution is 2.36. The Labute approximate surface area is 267 Å². The number of aryl methyl sites for hydroxylation is 2. The molecule has 44 heavy (non-hydrogen) atoms. The Kier molecular flexibility index (Phi) is 13.1. The molecule has 0 spiro atoms. The van der Waals surface area contributed by atoms with E-state index in [2.05, 4.69) is 5.32 Å². The molecule has 7 nitrogen and oxygen atoms in total. The molecule has 12 heteroatoms. The van der Waals surface area contributed by atoms with Crippen LogP contribution < -0.4 is 10.9 Å². The van der Waals surface area contributed by atoms with Crippen LogP contribution in [0, 0.1) is 37.2 Å². The minimum atomic E-state index is -1.39. The Morgan fingerprint density at radius 1 is 1.05 bits per heavy atom. The largest absolute Gasteiger partial charge is 0.481 e. The third-order valence-electron chi connectivity index (χ3n) is 7.15. The lowest BCUT2D eigenvalue weighted by molar-refractivity contribution is -0.138. The van der Waals surface area contributed by atoms with Crippen LogP contribution in [0.1, 0.15) is 61.0 Å².